The standard InChI is InChI=1S/C21H12Cl2N6OS/c1-29-18(5-12-17(22)4-3-11(19(12)23)10-30-31-2)28-20-15(8-26)13(6-24)14(7-25)16(9-27)21(20)29/h3-4H,5,10H2,1-2H3. The number of fused-ring (bicyclic) bond motifs is 1. The van der Waals surface area contributed by atoms with Gasteiger partial charge in [-0.15, -0.1) is 0 Å². The number of benzene rings is 2. The lowest BCUT2D eigenvalue weighted by Gasteiger charge is -2.12. The number of hydrogen-bond donors (Lipinski definition) is 0. The Hall–Kier alpha value is -3.24. The van der Waals surface area contributed by atoms with Crippen LogP contribution in [-0.4, -0.2) is 15.8 Å². The number of imidazole rings is 1. The van der Waals surface area contributed by atoms with Crippen LogP contribution in [0.15, 0.2) is 12.1 Å². The van der Waals surface area contributed by atoms with Crippen molar-refractivity contribution in [2.75, 3.05) is 6.26 Å². The second kappa shape index (κ2) is 9.27. The normalized spacial score (nSPS) is 10.3. The Morgan fingerprint density at radius 1 is 1.00 bits per heavy atom. The van der Waals surface area contributed by atoms with Crippen LogP contribution >= 0.6 is 35.2 Å². The highest BCUT2D eigenvalue weighted by atomic mass is 35.5. The Morgan fingerprint density at radius 2 is 1.61 bits per heavy atom. The summed E-state index contributed by atoms with van der Waals surface area (Å²) < 4.78 is 6.98. The molecule has 0 saturated carbocycles. The van der Waals surface area contributed by atoms with E-state index in [1.807, 2.05) is 24.3 Å². The van der Waals surface area contributed by atoms with E-state index in [9.17, 15) is 21.0 Å². The second-order valence-electron chi connectivity index (χ2n) is 6.34. The molecule has 31 heavy (non-hydrogen) atoms. The van der Waals surface area contributed by atoms with Crippen molar-refractivity contribution >= 4 is 46.3 Å². The van der Waals surface area contributed by atoms with E-state index in [1.165, 1.54) is 12.0 Å². The average molecular weight is 467 g/mol. The quantitative estimate of drug-likeness (QED) is 0.496. The molecular formula is C21H12Cl2N6OS. The first-order valence-corrected chi connectivity index (χ1v) is 10.6. The molecule has 0 atom stereocenters. The van der Waals surface area contributed by atoms with Crippen LogP contribution in [0.5, 0.6) is 0 Å². The maximum absolute atomic E-state index is 9.67. The molecule has 2 aromatic carbocycles. The van der Waals surface area contributed by atoms with Crippen molar-refractivity contribution in [3.8, 4) is 24.3 Å². The van der Waals surface area contributed by atoms with E-state index >= 15 is 0 Å². The highest BCUT2D eigenvalue weighted by Gasteiger charge is 2.25. The Balaban J connectivity index is 2.27. The van der Waals surface area contributed by atoms with Crippen molar-refractivity contribution in [3.63, 3.8) is 0 Å². The summed E-state index contributed by atoms with van der Waals surface area (Å²) in [7, 11) is 1.67. The molecule has 0 aliphatic carbocycles. The highest BCUT2D eigenvalue weighted by Crippen LogP contribution is 2.34. The minimum absolute atomic E-state index is 0.00591. The predicted molar refractivity (Wildman–Crippen MR) is 117 cm³/mol. The van der Waals surface area contributed by atoms with Crippen LogP contribution in [0.1, 0.15) is 39.2 Å². The van der Waals surface area contributed by atoms with Gasteiger partial charge in [-0.3, -0.25) is 0 Å². The zero-order valence-corrected chi connectivity index (χ0v) is 18.7. The monoisotopic (exact) mass is 466 g/mol. The van der Waals surface area contributed by atoms with Gasteiger partial charge in [-0.05, 0) is 29.2 Å². The number of nitrogens with zero attached hydrogens (tertiary/aromatic N) is 6. The molecule has 152 valence electrons. The van der Waals surface area contributed by atoms with Crippen molar-refractivity contribution in [3.05, 3.63) is 61.4 Å². The number of rotatable bonds is 5. The van der Waals surface area contributed by atoms with E-state index in [4.69, 9.17) is 27.4 Å². The molecule has 0 N–H and O–H groups in total. The van der Waals surface area contributed by atoms with Crippen LogP contribution in [-0.2, 0) is 24.3 Å². The number of halogens is 2. The molecule has 0 amide bonds. The van der Waals surface area contributed by atoms with Gasteiger partial charge in [-0.1, -0.05) is 29.3 Å². The number of hydrogen-bond acceptors (Lipinski definition) is 7. The molecule has 0 fully saturated rings. The van der Waals surface area contributed by atoms with Crippen LogP contribution in [0.2, 0.25) is 10.0 Å². The molecule has 1 aromatic heterocycles. The third-order valence-corrected chi connectivity index (χ3v) is 5.97. The summed E-state index contributed by atoms with van der Waals surface area (Å²) in [6, 6.07) is 11.1. The van der Waals surface area contributed by atoms with Gasteiger partial charge in [0.1, 0.15) is 35.6 Å². The first kappa shape index (κ1) is 22.4. The molecule has 0 unspecified atom stereocenters. The van der Waals surface area contributed by atoms with E-state index in [2.05, 4.69) is 4.98 Å². The van der Waals surface area contributed by atoms with E-state index in [1.54, 1.807) is 30.0 Å². The van der Waals surface area contributed by atoms with E-state index < -0.39 is 0 Å². The third-order valence-electron chi connectivity index (χ3n) is 4.79. The molecule has 10 heteroatoms. The SMILES string of the molecule is CSOCc1ccc(Cl)c(Cc2nc3c(C#N)c(C#N)c(C#N)c(C#N)c3n2C)c1Cl. The number of aromatic nitrogens is 2. The van der Waals surface area contributed by atoms with Crippen LogP contribution in [0.25, 0.3) is 11.0 Å². The maximum atomic E-state index is 9.67. The molecule has 0 aliphatic rings. The van der Waals surface area contributed by atoms with Crippen LogP contribution < -0.4 is 0 Å². The lowest BCUT2D eigenvalue weighted by atomic mass is 9.96. The fourth-order valence-electron chi connectivity index (χ4n) is 3.29. The molecule has 1 heterocycles. The van der Waals surface area contributed by atoms with Gasteiger partial charge < -0.3 is 8.75 Å². The van der Waals surface area contributed by atoms with Crippen molar-refractivity contribution in [2.24, 2.45) is 7.05 Å². The fraction of sp³-hybridized carbons (Fsp3) is 0.190. The number of aryl methyl sites for hydroxylation is 1. The maximum Gasteiger partial charge on any atom is 0.114 e. The molecule has 0 saturated heterocycles. The van der Waals surface area contributed by atoms with Crippen molar-refractivity contribution < 1.29 is 4.18 Å². The summed E-state index contributed by atoms with van der Waals surface area (Å²) in [5.41, 5.74) is 1.50. The van der Waals surface area contributed by atoms with Gasteiger partial charge in [0.15, 0.2) is 0 Å². The van der Waals surface area contributed by atoms with Gasteiger partial charge >= 0.3 is 0 Å². The van der Waals surface area contributed by atoms with Gasteiger partial charge in [-0.2, -0.15) is 21.0 Å². The zero-order valence-electron chi connectivity index (χ0n) is 16.3. The minimum atomic E-state index is -0.161. The second-order valence-corrected chi connectivity index (χ2v) is 7.69. The van der Waals surface area contributed by atoms with Crippen molar-refractivity contribution in [1.82, 2.24) is 9.55 Å². The Kier molecular flexibility index (Phi) is 6.71. The molecule has 0 spiro atoms. The minimum Gasteiger partial charge on any atom is -0.330 e. The fourth-order valence-corrected chi connectivity index (χ4v) is 4.10. The topological polar surface area (TPSA) is 122 Å². The van der Waals surface area contributed by atoms with Crippen molar-refractivity contribution in [1.29, 1.82) is 21.0 Å². The largest absolute Gasteiger partial charge is 0.330 e. The van der Waals surface area contributed by atoms with Crippen LogP contribution in [0, 0.1) is 45.3 Å². The Morgan fingerprint density at radius 3 is 2.19 bits per heavy atom. The summed E-state index contributed by atoms with van der Waals surface area (Å²) in [5, 5.41) is 39.2. The first-order valence-electron chi connectivity index (χ1n) is 8.70. The molecule has 7 nitrogen and oxygen atoms in total. The highest BCUT2D eigenvalue weighted by molar-refractivity contribution is 7.93. The van der Waals surface area contributed by atoms with Crippen LogP contribution in [0.3, 0.4) is 0 Å². The van der Waals surface area contributed by atoms with Gasteiger partial charge in [-0.25, -0.2) is 4.98 Å². The molecule has 3 rings (SSSR count). The van der Waals surface area contributed by atoms with Crippen molar-refractivity contribution in [2.45, 2.75) is 13.0 Å². The average Bonchev–Trinajstić information content (AvgIpc) is 3.09. The first-order chi connectivity index (χ1) is 14.9. The predicted octanol–water partition coefficient (Wildman–Crippen LogP) is 4.75. The molecule has 3 aromatic rings. The lowest BCUT2D eigenvalue weighted by molar-refractivity contribution is 0.366. The summed E-state index contributed by atoms with van der Waals surface area (Å²) in [6.07, 6.45) is 2.00. The summed E-state index contributed by atoms with van der Waals surface area (Å²) in [4.78, 5) is 4.52. The molecule has 0 aliphatic heterocycles. The van der Waals surface area contributed by atoms with Gasteiger partial charge in [0.05, 0.1) is 39.4 Å². The molecular weight excluding hydrogens is 455 g/mol. The Bertz CT molecular complexity index is 1390. The summed E-state index contributed by atoms with van der Waals surface area (Å²) in [6.45, 7) is 0.293. The van der Waals surface area contributed by atoms with E-state index in [-0.39, 0.29) is 34.2 Å². The smallest absolute Gasteiger partial charge is 0.114 e. The van der Waals surface area contributed by atoms with Crippen LogP contribution in [0.4, 0.5) is 0 Å². The van der Waals surface area contributed by atoms with Gasteiger partial charge in [0, 0.05) is 24.7 Å². The van der Waals surface area contributed by atoms with E-state index in [0.717, 1.165) is 5.56 Å². The van der Waals surface area contributed by atoms with Gasteiger partial charge in [0.2, 0.25) is 0 Å². The zero-order chi connectivity index (χ0) is 22.7. The van der Waals surface area contributed by atoms with Gasteiger partial charge in [0.25, 0.3) is 0 Å². The molecule has 0 bridgehead atoms. The summed E-state index contributed by atoms with van der Waals surface area (Å²) in [5.74, 6) is 0.466. The third kappa shape index (κ3) is 3.79. The van der Waals surface area contributed by atoms with E-state index in [0.29, 0.717) is 33.6 Å². The Labute approximate surface area is 192 Å². The lowest BCUT2D eigenvalue weighted by Crippen LogP contribution is -2.03. The molecule has 0 radical (unpaired) electrons. The number of nitriles is 4. The summed E-state index contributed by atoms with van der Waals surface area (Å²) >= 11 is 14.2.